The highest BCUT2D eigenvalue weighted by molar-refractivity contribution is 5.99. The quantitative estimate of drug-likeness (QED) is 0.346. The van der Waals surface area contributed by atoms with Gasteiger partial charge in [0.25, 0.3) is 0 Å². The molecular weight excluding hydrogens is 210 g/mol. The zero-order valence-corrected chi connectivity index (χ0v) is 9.05. The summed E-state index contributed by atoms with van der Waals surface area (Å²) in [7, 11) is 0. The van der Waals surface area contributed by atoms with Crippen molar-refractivity contribution in [2.24, 2.45) is 4.99 Å². The molecule has 0 spiro atoms. The van der Waals surface area contributed by atoms with Gasteiger partial charge in [-0.1, -0.05) is 30.3 Å². The highest BCUT2D eigenvalue weighted by atomic mass is 16.1. The van der Waals surface area contributed by atoms with Crippen LogP contribution >= 0.6 is 0 Å². The van der Waals surface area contributed by atoms with Crippen molar-refractivity contribution in [2.45, 2.75) is 0 Å². The summed E-state index contributed by atoms with van der Waals surface area (Å²) in [5.74, 6) is 0. The lowest BCUT2D eigenvalue weighted by Crippen LogP contribution is -1.76. The van der Waals surface area contributed by atoms with Crippen molar-refractivity contribution in [2.75, 3.05) is 0 Å². The third kappa shape index (κ3) is 1.71. The minimum Gasteiger partial charge on any atom is -0.211 e. The van der Waals surface area contributed by atoms with E-state index in [4.69, 9.17) is 0 Å². The van der Waals surface area contributed by atoms with E-state index in [9.17, 15) is 4.79 Å². The van der Waals surface area contributed by atoms with E-state index in [1.807, 2.05) is 30.3 Å². The Hall–Kier alpha value is -2.44. The second-order valence-corrected chi connectivity index (χ2v) is 3.93. The SMILES string of the molecule is O=C=Nc1ccc2cc3ccccc3cc2c1. The van der Waals surface area contributed by atoms with Gasteiger partial charge in [0.1, 0.15) is 0 Å². The largest absolute Gasteiger partial charge is 0.240 e. The highest BCUT2D eigenvalue weighted by Gasteiger charge is 1.98. The smallest absolute Gasteiger partial charge is 0.211 e. The van der Waals surface area contributed by atoms with Gasteiger partial charge in [0.05, 0.1) is 5.69 Å². The van der Waals surface area contributed by atoms with Crippen LogP contribution in [0.15, 0.2) is 59.6 Å². The molecule has 0 fully saturated rings. The van der Waals surface area contributed by atoms with Crippen LogP contribution in [0.5, 0.6) is 0 Å². The fourth-order valence-electron chi connectivity index (χ4n) is 2.05. The number of rotatable bonds is 1. The summed E-state index contributed by atoms with van der Waals surface area (Å²) in [6.07, 6.45) is 1.56. The van der Waals surface area contributed by atoms with Crippen molar-refractivity contribution in [1.82, 2.24) is 0 Å². The van der Waals surface area contributed by atoms with E-state index < -0.39 is 0 Å². The van der Waals surface area contributed by atoms with Crippen LogP contribution in [-0.4, -0.2) is 6.08 Å². The Balaban J connectivity index is 2.36. The van der Waals surface area contributed by atoms with Crippen LogP contribution in [0.2, 0.25) is 0 Å². The summed E-state index contributed by atoms with van der Waals surface area (Å²) in [6.45, 7) is 0. The zero-order chi connectivity index (χ0) is 11.7. The summed E-state index contributed by atoms with van der Waals surface area (Å²) in [5.41, 5.74) is 0.641. The molecule has 3 rings (SSSR count). The van der Waals surface area contributed by atoms with E-state index in [1.54, 1.807) is 6.08 Å². The molecule has 0 atom stereocenters. The van der Waals surface area contributed by atoms with E-state index >= 15 is 0 Å². The Labute approximate surface area is 98.2 Å². The number of fused-ring (bicyclic) bond motifs is 2. The molecule has 0 heterocycles. The lowest BCUT2D eigenvalue weighted by Gasteiger charge is -2.02. The number of nitrogens with zero attached hydrogens (tertiary/aromatic N) is 1. The van der Waals surface area contributed by atoms with Gasteiger partial charge in [-0.05, 0) is 45.8 Å². The van der Waals surface area contributed by atoms with Gasteiger partial charge in [0, 0.05) is 0 Å². The predicted octanol–water partition coefficient (Wildman–Crippen LogP) is 3.96. The summed E-state index contributed by atoms with van der Waals surface area (Å²) >= 11 is 0. The molecule has 0 aliphatic carbocycles. The van der Waals surface area contributed by atoms with Crippen LogP contribution in [0.25, 0.3) is 21.5 Å². The van der Waals surface area contributed by atoms with Gasteiger partial charge in [-0.3, -0.25) is 0 Å². The van der Waals surface area contributed by atoms with Gasteiger partial charge in [-0.15, -0.1) is 0 Å². The number of hydrogen-bond donors (Lipinski definition) is 0. The molecule has 0 saturated heterocycles. The van der Waals surface area contributed by atoms with Gasteiger partial charge in [0.2, 0.25) is 6.08 Å². The minimum atomic E-state index is 0.641. The molecule has 0 bridgehead atoms. The number of aliphatic imine (C=N–C) groups is 1. The van der Waals surface area contributed by atoms with Crippen LogP contribution in [0.3, 0.4) is 0 Å². The maximum absolute atomic E-state index is 10.2. The molecule has 0 N–H and O–H groups in total. The molecular formula is C15H9NO. The Bertz CT molecular complexity index is 755. The van der Waals surface area contributed by atoms with E-state index in [-0.39, 0.29) is 0 Å². The predicted molar refractivity (Wildman–Crippen MR) is 69.2 cm³/mol. The first-order chi connectivity index (χ1) is 8.36. The molecule has 3 aromatic carbocycles. The minimum absolute atomic E-state index is 0.641. The van der Waals surface area contributed by atoms with E-state index in [1.165, 1.54) is 10.8 Å². The van der Waals surface area contributed by atoms with Crippen molar-refractivity contribution in [3.8, 4) is 0 Å². The summed E-state index contributed by atoms with van der Waals surface area (Å²) in [5, 5.41) is 4.63. The van der Waals surface area contributed by atoms with Crippen molar-refractivity contribution in [3.63, 3.8) is 0 Å². The van der Waals surface area contributed by atoms with Crippen LogP contribution < -0.4 is 0 Å². The van der Waals surface area contributed by atoms with E-state index in [2.05, 4.69) is 29.3 Å². The molecule has 80 valence electrons. The topological polar surface area (TPSA) is 29.4 Å². The highest BCUT2D eigenvalue weighted by Crippen LogP contribution is 2.26. The lowest BCUT2D eigenvalue weighted by atomic mass is 10.0. The zero-order valence-electron chi connectivity index (χ0n) is 9.05. The van der Waals surface area contributed by atoms with Gasteiger partial charge in [-0.2, -0.15) is 4.99 Å². The molecule has 3 aromatic rings. The van der Waals surface area contributed by atoms with E-state index in [0.717, 1.165) is 10.8 Å². The Morgan fingerprint density at radius 3 is 2.12 bits per heavy atom. The van der Waals surface area contributed by atoms with Crippen molar-refractivity contribution >= 4 is 33.3 Å². The molecule has 0 radical (unpaired) electrons. The normalized spacial score (nSPS) is 10.4. The van der Waals surface area contributed by atoms with Crippen molar-refractivity contribution in [1.29, 1.82) is 0 Å². The second kappa shape index (κ2) is 3.85. The average molecular weight is 219 g/mol. The fourth-order valence-corrected chi connectivity index (χ4v) is 2.05. The second-order valence-electron chi connectivity index (χ2n) is 3.93. The van der Waals surface area contributed by atoms with Crippen molar-refractivity contribution in [3.05, 3.63) is 54.6 Å². The van der Waals surface area contributed by atoms with Gasteiger partial charge < -0.3 is 0 Å². The Kier molecular flexibility index (Phi) is 2.21. The molecule has 2 heteroatoms. The third-order valence-electron chi connectivity index (χ3n) is 2.86. The summed E-state index contributed by atoms with van der Waals surface area (Å²) < 4.78 is 0. The first-order valence-corrected chi connectivity index (χ1v) is 5.37. The maximum Gasteiger partial charge on any atom is 0.240 e. The van der Waals surface area contributed by atoms with Crippen LogP contribution in [0.1, 0.15) is 0 Å². The maximum atomic E-state index is 10.2. The molecule has 2 nitrogen and oxygen atoms in total. The monoisotopic (exact) mass is 219 g/mol. The van der Waals surface area contributed by atoms with Gasteiger partial charge in [0.15, 0.2) is 0 Å². The third-order valence-corrected chi connectivity index (χ3v) is 2.86. The fraction of sp³-hybridized carbons (Fsp3) is 0. The van der Waals surface area contributed by atoms with Gasteiger partial charge >= 0.3 is 0 Å². The first kappa shape index (κ1) is 9.76. The first-order valence-electron chi connectivity index (χ1n) is 5.37. The number of hydrogen-bond acceptors (Lipinski definition) is 2. The van der Waals surface area contributed by atoms with Crippen LogP contribution in [-0.2, 0) is 4.79 Å². The number of benzene rings is 3. The molecule has 17 heavy (non-hydrogen) atoms. The number of isocyanates is 1. The summed E-state index contributed by atoms with van der Waals surface area (Å²) in [4.78, 5) is 13.9. The molecule has 0 saturated carbocycles. The van der Waals surface area contributed by atoms with Gasteiger partial charge in [-0.25, -0.2) is 4.79 Å². The lowest BCUT2D eigenvalue weighted by molar-refractivity contribution is 0.565. The summed E-state index contributed by atoms with van der Waals surface area (Å²) in [6, 6.07) is 18.1. The molecule has 0 aromatic heterocycles. The standard InChI is InChI=1S/C15H9NO/c17-10-16-15-6-5-13-7-11-3-1-2-4-12(11)8-14(13)9-15/h1-9H. The van der Waals surface area contributed by atoms with Crippen LogP contribution in [0.4, 0.5) is 5.69 Å². The molecule has 0 amide bonds. The Morgan fingerprint density at radius 1 is 0.765 bits per heavy atom. The molecule has 0 unspecified atom stereocenters. The molecule has 0 aliphatic rings. The van der Waals surface area contributed by atoms with E-state index in [0.29, 0.717) is 5.69 Å². The number of carbonyl (C=O) groups excluding carboxylic acids is 1. The molecule has 0 aliphatic heterocycles. The Morgan fingerprint density at radius 2 is 1.41 bits per heavy atom. The average Bonchev–Trinajstić information content (AvgIpc) is 2.36. The van der Waals surface area contributed by atoms with Crippen LogP contribution in [0, 0.1) is 0 Å². The van der Waals surface area contributed by atoms with Crippen molar-refractivity contribution < 1.29 is 4.79 Å².